The summed E-state index contributed by atoms with van der Waals surface area (Å²) in [5, 5.41) is 0. The molecule has 0 spiro atoms. The van der Waals surface area contributed by atoms with Crippen molar-refractivity contribution in [1.29, 1.82) is 0 Å². The fourth-order valence-corrected chi connectivity index (χ4v) is 4.35. The Morgan fingerprint density at radius 1 is 1.18 bits per heavy atom. The zero-order chi connectivity index (χ0) is 11.7. The molecule has 0 saturated heterocycles. The van der Waals surface area contributed by atoms with Gasteiger partial charge in [-0.15, -0.1) is 11.3 Å². The van der Waals surface area contributed by atoms with Crippen LogP contribution in [0.5, 0.6) is 0 Å². The van der Waals surface area contributed by atoms with E-state index in [0.29, 0.717) is 0 Å². The van der Waals surface area contributed by atoms with E-state index in [0.717, 1.165) is 0 Å². The number of hydrazine groups is 1. The lowest BCUT2D eigenvalue weighted by Gasteiger charge is -2.21. The molecule has 1 unspecified atom stereocenters. The zero-order valence-electron chi connectivity index (χ0n) is 10.2. The number of thiophene rings is 1. The minimum Gasteiger partial charge on any atom is -0.271 e. The number of rotatable bonds is 3. The van der Waals surface area contributed by atoms with Gasteiger partial charge in [0, 0.05) is 9.75 Å². The molecule has 0 aromatic carbocycles. The third kappa shape index (κ3) is 2.19. The number of hydrogen-bond donors (Lipinski definition) is 2. The lowest BCUT2D eigenvalue weighted by atomic mass is 9.93. The molecule has 17 heavy (non-hydrogen) atoms. The molecule has 2 nitrogen and oxygen atoms in total. The molecule has 0 radical (unpaired) electrons. The highest BCUT2D eigenvalue weighted by atomic mass is 32.1. The van der Waals surface area contributed by atoms with E-state index in [4.69, 9.17) is 5.84 Å². The summed E-state index contributed by atoms with van der Waals surface area (Å²) in [6.45, 7) is 0. The predicted molar refractivity (Wildman–Crippen MR) is 73.0 cm³/mol. The van der Waals surface area contributed by atoms with Gasteiger partial charge in [-0.2, -0.15) is 0 Å². The van der Waals surface area contributed by atoms with Gasteiger partial charge >= 0.3 is 0 Å². The first kappa shape index (κ1) is 11.5. The van der Waals surface area contributed by atoms with Crippen LogP contribution in [0.4, 0.5) is 0 Å². The predicted octanol–water partition coefficient (Wildman–Crippen LogP) is 3.24. The van der Waals surface area contributed by atoms with Crippen molar-refractivity contribution >= 4 is 11.3 Å². The summed E-state index contributed by atoms with van der Waals surface area (Å²) in [4.78, 5) is 3.02. The van der Waals surface area contributed by atoms with Crippen LogP contribution < -0.4 is 11.3 Å². The van der Waals surface area contributed by atoms with Gasteiger partial charge < -0.3 is 0 Å². The fourth-order valence-electron chi connectivity index (χ4n) is 2.99. The van der Waals surface area contributed by atoms with Gasteiger partial charge in [0.15, 0.2) is 0 Å². The highest BCUT2D eigenvalue weighted by Gasteiger charge is 2.22. The molecular weight excluding hydrogens is 228 g/mol. The molecule has 3 heteroatoms. The van der Waals surface area contributed by atoms with Crippen LogP contribution in [0.15, 0.2) is 17.7 Å². The molecule has 0 saturated carbocycles. The van der Waals surface area contributed by atoms with E-state index in [1.807, 2.05) is 11.3 Å². The normalized spacial score (nSPS) is 21.1. The number of hydrogen-bond acceptors (Lipinski definition) is 3. The maximum atomic E-state index is 5.77. The van der Waals surface area contributed by atoms with E-state index in [1.54, 1.807) is 10.4 Å². The van der Waals surface area contributed by atoms with Gasteiger partial charge in [0.05, 0.1) is 6.04 Å². The third-order valence-electron chi connectivity index (χ3n) is 3.91. The van der Waals surface area contributed by atoms with Gasteiger partial charge in [0.2, 0.25) is 0 Å². The van der Waals surface area contributed by atoms with Gasteiger partial charge in [0.1, 0.15) is 0 Å². The van der Waals surface area contributed by atoms with Gasteiger partial charge in [-0.25, -0.2) is 5.43 Å². The largest absolute Gasteiger partial charge is 0.271 e. The molecule has 2 aliphatic rings. The highest BCUT2D eigenvalue weighted by Crippen LogP contribution is 2.37. The van der Waals surface area contributed by atoms with Crippen molar-refractivity contribution in [1.82, 2.24) is 5.43 Å². The minimum absolute atomic E-state index is 0.269. The lowest BCUT2D eigenvalue weighted by Crippen LogP contribution is -2.29. The van der Waals surface area contributed by atoms with Crippen molar-refractivity contribution in [3.8, 4) is 0 Å². The van der Waals surface area contributed by atoms with Crippen LogP contribution in [0.3, 0.4) is 0 Å². The Kier molecular flexibility index (Phi) is 3.32. The topological polar surface area (TPSA) is 38.0 Å². The number of fused-ring (bicyclic) bond motifs is 1. The standard InChI is InChI=1S/C14H20N2S/c15-16-14(10-5-2-1-3-6-10)13-9-11-7-4-8-12(11)17-13/h5,9,14,16H,1-4,6-8,15H2. The minimum atomic E-state index is 0.269. The van der Waals surface area contributed by atoms with Crippen LogP contribution in [0, 0.1) is 0 Å². The molecule has 0 amide bonds. The van der Waals surface area contributed by atoms with Crippen molar-refractivity contribution in [2.45, 2.75) is 51.0 Å². The van der Waals surface area contributed by atoms with Crippen molar-refractivity contribution in [2.75, 3.05) is 0 Å². The molecule has 2 aliphatic carbocycles. The highest BCUT2D eigenvalue weighted by molar-refractivity contribution is 7.12. The summed E-state index contributed by atoms with van der Waals surface area (Å²) in [6.07, 6.45) is 11.3. The van der Waals surface area contributed by atoms with Crippen LogP contribution in [0.2, 0.25) is 0 Å². The molecule has 3 N–H and O–H groups in total. The van der Waals surface area contributed by atoms with Crippen molar-refractivity contribution < 1.29 is 0 Å². The quantitative estimate of drug-likeness (QED) is 0.489. The molecule has 1 aromatic rings. The Morgan fingerprint density at radius 3 is 2.82 bits per heavy atom. The Hall–Kier alpha value is -0.640. The molecular formula is C14H20N2S. The van der Waals surface area contributed by atoms with Gasteiger partial charge in [-0.3, -0.25) is 5.84 Å². The third-order valence-corrected chi connectivity index (χ3v) is 5.22. The van der Waals surface area contributed by atoms with Crippen LogP contribution in [0.1, 0.15) is 53.5 Å². The van der Waals surface area contributed by atoms with E-state index >= 15 is 0 Å². The first-order chi connectivity index (χ1) is 8.38. The summed E-state index contributed by atoms with van der Waals surface area (Å²) in [6, 6.07) is 2.65. The number of nitrogens with two attached hydrogens (primary N) is 1. The maximum Gasteiger partial charge on any atom is 0.0762 e. The van der Waals surface area contributed by atoms with E-state index in [-0.39, 0.29) is 6.04 Å². The van der Waals surface area contributed by atoms with Gasteiger partial charge in [-0.05, 0) is 56.6 Å². The van der Waals surface area contributed by atoms with Crippen molar-refractivity contribution in [3.05, 3.63) is 33.0 Å². The second-order valence-electron chi connectivity index (χ2n) is 5.08. The Balaban J connectivity index is 1.86. The fraction of sp³-hybridized carbons (Fsp3) is 0.571. The number of nitrogens with one attached hydrogen (secondary N) is 1. The molecule has 0 aliphatic heterocycles. The SMILES string of the molecule is NNC(C1=CCCCC1)c1cc2c(s1)CCC2. The van der Waals surface area contributed by atoms with Crippen LogP contribution in [0.25, 0.3) is 0 Å². The zero-order valence-corrected chi connectivity index (χ0v) is 11.0. The molecule has 0 bridgehead atoms. The van der Waals surface area contributed by atoms with Crippen LogP contribution in [-0.4, -0.2) is 0 Å². The molecule has 1 heterocycles. The van der Waals surface area contributed by atoms with E-state index in [9.17, 15) is 0 Å². The van der Waals surface area contributed by atoms with Crippen molar-refractivity contribution in [2.24, 2.45) is 5.84 Å². The monoisotopic (exact) mass is 248 g/mol. The summed E-state index contributed by atoms with van der Waals surface area (Å²) in [7, 11) is 0. The van der Waals surface area contributed by atoms with E-state index < -0.39 is 0 Å². The summed E-state index contributed by atoms with van der Waals surface area (Å²) < 4.78 is 0. The average Bonchev–Trinajstić information content (AvgIpc) is 2.92. The summed E-state index contributed by atoms with van der Waals surface area (Å²) in [5.74, 6) is 5.77. The molecule has 3 rings (SSSR count). The van der Waals surface area contributed by atoms with E-state index in [1.165, 1.54) is 55.4 Å². The molecule has 0 fully saturated rings. The first-order valence-electron chi connectivity index (χ1n) is 6.65. The Bertz CT molecular complexity index is 412. The Labute approximate surface area is 107 Å². The Morgan fingerprint density at radius 2 is 2.12 bits per heavy atom. The average molecular weight is 248 g/mol. The van der Waals surface area contributed by atoms with Crippen LogP contribution >= 0.6 is 11.3 Å². The molecule has 1 atom stereocenters. The van der Waals surface area contributed by atoms with Gasteiger partial charge in [0.25, 0.3) is 0 Å². The summed E-state index contributed by atoms with van der Waals surface area (Å²) >= 11 is 1.96. The number of aryl methyl sites for hydroxylation is 2. The van der Waals surface area contributed by atoms with E-state index in [2.05, 4.69) is 17.6 Å². The molecule has 92 valence electrons. The van der Waals surface area contributed by atoms with Crippen molar-refractivity contribution in [3.63, 3.8) is 0 Å². The second-order valence-corrected chi connectivity index (χ2v) is 6.24. The van der Waals surface area contributed by atoms with Crippen LogP contribution in [-0.2, 0) is 12.8 Å². The lowest BCUT2D eigenvalue weighted by molar-refractivity contribution is 0.572. The smallest absolute Gasteiger partial charge is 0.0762 e. The summed E-state index contributed by atoms with van der Waals surface area (Å²) in [5.41, 5.74) is 6.09. The maximum absolute atomic E-state index is 5.77. The second kappa shape index (κ2) is 4.92. The number of allylic oxidation sites excluding steroid dienone is 1. The molecule has 1 aromatic heterocycles. The first-order valence-corrected chi connectivity index (χ1v) is 7.46. The van der Waals surface area contributed by atoms with Gasteiger partial charge in [-0.1, -0.05) is 11.6 Å².